The molecule has 4 nitrogen and oxygen atoms in total. The van der Waals surface area contributed by atoms with Crippen molar-refractivity contribution in [2.75, 3.05) is 0 Å². The van der Waals surface area contributed by atoms with Gasteiger partial charge in [0.25, 0.3) is 0 Å². The molecule has 0 amide bonds. The van der Waals surface area contributed by atoms with Gasteiger partial charge in [-0.25, -0.2) is 9.59 Å². The van der Waals surface area contributed by atoms with E-state index in [-0.39, 0.29) is 5.41 Å². The molecule has 1 aliphatic carbocycles. The second-order valence-electron chi connectivity index (χ2n) is 12.1. The van der Waals surface area contributed by atoms with Crippen LogP contribution in [-0.2, 0) is 24.5 Å². The van der Waals surface area contributed by atoms with Crippen LogP contribution in [0, 0.1) is 0 Å². The molecule has 214 valence electrons. The van der Waals surface area contributed by atoms with Crippen LogP contribution in [0.15, 0.2) is 45.3 Å². The van der Waals surface area contributed by atoms with E-state index in [4.69, 9.17) is 9.47 Å². The zero-order valence-corrected chi connectivity index (χ0v) is 27.6. The summed E-state index contributed by atoms with van der Waals surface area (Å²) < 4.78 is 13.6. The molecule has 1 atom stereocenters. The summed E-state index contributed by atoms with van der Waals surface area (Å²) >= 11 is 7.35. The van der Waals surface area contributed by atoms with E-state index in [1.807, 2.05) is 20.8 Å². The Kier molecular flexibility index (Phi) is 10.9. The maximum absolute atomic E-state index is 12.8. The minimum absolute atomic E-state index is 0.109. The SMILES string of the molecule is CCCCC(C)(C)OC(=O)C(=O)OC(C)(CCCC)CCCCC1(C)c2cc(Br)ccc2-c2ccc(Br)cc21. The van der Waals surface area contributed by atoms with Crippen molar-refractivity contribution in [3.8, 4) is 11.1 Å². The van der Waals surface area contributed by atoms with Crippen LogP contribution in [0.1, 0.15) is 117 Å². The van der Waals surface area contributed by atoms with Gasteiger partial charge in [0.15, 0.2) is 0 Å². The van der Waals surface area contributed by atoms with E-state index in [2.05, 4.69) is 89.0 Å². The van der Waals surface area contributed by atoms with Crippen molar-refractivity contribution in [3.05, 3.63) is 56.5 Å². The molecule has 0 radical (unpaired) electrons. The number of hydrogen-bond acceptors (Lipinski definition) is 4. The number of ether oxygens (including phenoxy) is 2. The fourth-order valence-electron chi connectivity index (χ4n) is 5.80. The first-order valence-corrected chi connectivity index (χ1v) is 16.0. The minimum atomic E-state index is -0.887. The standard InChI is InChI=1S/C33H44Br2O4/c1-7-9-17-31(3,4)38-29(36)30(37)39-32(5,18-10-8-2)19-11-12-20-33(6)27-21-23(34)13-15-25(27)26-16-14-24(35)22-28(26)33/h13-16,21-22H,7-12,17-20H2,1-6H3. The number of hydrogen-bond donors (Lipinski definition) is 0. The smallest absolute Gasteiger partial charge is 0.418 e. The fourth-order valence-corrected chi connectivity index (χ4v) is 6.52. The molecule has 3 rings (SSSR count). The first-order valence-electron chi connectivity index (χ1n) is 14.4. The van der Waals surface area contributed by atoms with Gasteiger partial charge in [0.2, 0.25) is 0 Å². The van der Waals surface area contributed by atoms with Gasteiger partial charge in [-0.05, 0) is 112 Å². The maximum atomic E-state index is 12.8. The molecule has 2 aromatic carbocycles. The molecular formula is C33H44Br2O4. The molecule has 0 aliphatic heterocycles. The van der Waals surface area contributed by atoms with E-state index < -0.39 is 23.1 Å². The van der Waals surface area contributed by atoms with Gasteiger partial charge in [-0.15, -0.1) is 0 Å². The summed E-state index contributed by atoms with van der Waals surface area (Å²) in [7, 11) is 0. The second kappa shape index (κ2) is 13.3. The van der Waals surface area contributed by atoms with E-state index in [9.17, 15) is 9.59 Å². The monoisotopic (exact) mass is 662 g/mol. The van der Waals surface area contributed by atoms with Crippen LogP contribution in [0.4, 0.5) is 0 Å². The average Bonchev–Trinajstić information content (AvgIpc) is 3.11. The molecule has 0 bridgehead atoms. The summed E-state index contributed by atoms with van der Waals surface area (Å²) in [5, 5.41) is 0. The lowest BCUT2D eigenvalue weighted by atomic mass is 9.75. The zero-order valence-electron chi connectivity index (χ0n) is 24.4. The number of halogens is 2. The third-order valence-corrected chi connectivity index (χ3v) is 9.13. The normalized spacial score (nSPS) is 15.3. The summed E-state index contributed by atoms with van der Waals surface area (Å²) in [6, 6.07) is 13.1. The molecular weight excluding hydrogens is 620 g/mol. The summed E-state index contributed by atoms with van der Waals surface area (Å²) in [5.41, 5.74) is 3.80. The Labute approximate surface area is 251 Å². The lowest BCUT2D eigenvalue weighted by Gasteiger charge is -2.32. The Bertz CT molecular complexity index is 1120. The first kappa shape index (κ1) is 31.9. The van der Waals surface area contributed by atoms with E-state index >= 15 is 0 Å². The van der Waals surface area contributed by atoms with Crippen LogP contribution < -0.4 is 0 Å². The Hall–Kier alpha value is -1.66. The highest BCUT2D eigenvalue weighted by Gasteiger charge is 2.40. The number of benzene rings is 2. The molecule has 1 unspecified atom stereocenters. The van der Waals surface area contributed by atoms with E-state index in [1.165, 1.54) is 22.3 Å². The van der Waals surface area contributed by atoms with Crippen LogP contribution in [0.2, 0.25) is 0 Å². The van der Waals surface area contributed by atoms with Crippen molar-refractivity contribution in [2.24, 2.45) is 0 Å². The number of rotatable bonds is 13. The molecule has 39 heavy (non-hydrogen) atoms. The van der Waals surface area contributed by atoms with Crippen molar-refractivity contribution >= 4 is 43.8 Å². The zero-order chi connectivity index (χ0) is 28.8. The van der Waals surface area contributed by atoms with Crippen LogP contribution in [0.5, 0.6) is 0 Å². The van der Waals surface area contributed by atoms with Gasteiger partial charge in [0.1, 0.15) is 11.2 Å². The Morgan fingerprint density at radius 3 is 1.77 bits per heavy atom. The van der Waals surface area contributed by atoms with Crippen LogP contribution >= 0.6 is 31.9 Å². The maximum Gasteiger partial charge on any atom is 0.418 e. The molecule has 0 spiro atoms. The lowest BCUT2D eigenvalue weighted by molar-refractivity contribution is -0.184. The van der Waals surface area contributed by atoms with E-state index in [0.717, 1.165) is 60.3 Å². The van der Waals surface area contributed by atoms with E-state index in [1.54, 1.807) is 0 Å². The first-order chi connectivity index (χ1) is 18.3. The fraction of sp³-hybridized carbons (Fsp3) is 0.576. The number of carbonyl (C=O) groups excluding carboxylic acids is 2. The number of fused-ring (bicyclic) bond motifs is 3. The predicted octanol–water partition coefficient (Wildman–Crippen LogP) is 10.1. The Morgan fingerprint density at radius 1 is 0.744 bits per heavy atom. The van der Waals surface area contributed by atoms with Crippen LogP contribution in [0.25, 0.3) is 11.1 Å². The average molecular weight is 665 g/mol. The Morgan fingerprint density at radius 2 is 1.23 bits per heavy atom. The summed E-state index contributed by atoms with van der Waals surface area (Å²) in [6.45, 7) is 12.2. The topological polar surface area (TPSA) is 52.6 Å². The van der Waals surface area contributed by atoms with Crippen LogP contribution in [-0.4, -0.2) is 23.1 Å². The van der Waals surface area contributed by atoms with Crippen LogP contribution in [0.3, 0.4) is 0 Å². The highest BCUT2D eigenvalue weighted by molar-refractivity contribution is 9.10. The predicted molar refractivity (Wildman–Crippen MR) is 166 cm³/mol. The highest BCUT2D eigenvalue weighted by Crippen LogP contribution is 2.52. The van der Waals surface area contributed by atoms with Gasteiger partial charge in [0, 0.05) is 14.4 Å². The second-order valence-corrected chi connectivity index (χ2v) is 13.9. The third-order valence-electron chi connectivity index (χ3n) is 8.14. The summed E-state index contributed by atoms with van der Waals surface area (Å²) in [4.78, 5) is 25.4. The van der Waals surface area contributed by atoms with Crippen molar-refractivity contribution in [1.29, 1.82) is 0 Å². The van der Waals surface area contributed by atoms with Gasteiger partial charge in [-0.1, -0.05) is 84.0 Å². The molecule has 0 heterocycles. The highest BCUT2D eigenvalue weighted by atomic mass is 79.9. The van der Waals surface area contributed by atoms with Gasteiger partial charge in [-0.3, -0.25) is 0 Å². The molecule has 0 N–H and O–H groups in total. The largest absolute Gasteiger partial charge is 0.451 e. The lowest BCUT2D eigenvalue weighted by Crippen LogP contribution is -2.38. The molecule has 0 fully saturated rings. The summed E-state index contributed by atoms with van der Waals surface area (Å²) in [5.74, 6) is -1.76. The van der Waals surface area contributed by atoms with Gasteiger partial charge >= 0.3 is 11.9 Å². The number of carbonyl (C=O) groups is 2. The molecule has 6 heteroatoms. The van der Waals surface area contributed by atoms with Gasteiger partial charge in [0.05, 0.1) is 0 Å². The number of unbranched alkanes of at least 4 members (excludes halogenated alkanes) is 3. The van der Waals surface area contributed by atoms with Gasteiger partial charge in [-0.2, -0.15) is 0 Å². The molecule has 2 aromatic rings. The third kappa shape index (κ3) is 7.97. The molecule has 0 saturated carbocycles. The summed E-state index contributed by atoms with van der Waals surface area (Å²) in [6.07, 6.45) is 8.87. The number of esters is 2. The minimum Gasteiger partial charge on any atom is -0.451 e. The van der Waals surface area contributed by atoms with Crippen molar-refractivity contribution < 1.29 is 19.1 Å². The Balaban J connectivity index is 1.68. The quantitative estimate of drug-likeness (QED) is 0.122. The molecule has 1 aliphatic rings. The van der Waals surface area contributed by atoms with Crippen molar-refractivity contribution in [2.45, 2.75) is 122 Å². The molecule has 0 aromatic heterocycles. The molecule has 0 saturated heterocycles. The van der Waals surface area contributed by atoms with E-state index in [0.29, 0.717) is 12.8 Å². The van der Waals surface area contributed by atoms with Gasteiger partial charge < -0.3 is 9.47 Å². The van der Waals surface area contributed by atoms with Crippen molar-refractivity contribution in [1.82, 2.24) is 0 Å². The van der Waals surface area contributed by atoms with Crippen molar-refractivity contribution in [3.63, 3.8) is 0 Å².